The first kappa shape index (κ1) is 17.5. The molecule has 1 N–H and O–H groups in total. The van der Waals surface area contributed by atoms with Crippen molar-refractivity contribution >= 4 is 17.9 Å². The summed E-state index contributed by atoms with van der Waals surface area (Å²) in [6.45, 7) is 6.79. The molecule has 0 spiro atoms. The number of carbonyl (C=O) groups is 3. The Hall–Kier alpha value is -1.59. The van der Waals surface area contributed by atoms with Crippen LogP contribution in [0.3, 0.4) is 0 Å². The molecule has 120 valence electrons. The van der Waals surface area contributed by atoms with Gasteiger partial charge in [0, 0.05) is 13.1 Å². The Labute approximate surface area is 126 Å². The van der Waals surface area contributed by atoms with E-state index < -0.39 is 12.0 Å². The largest absolute Gasteiger partial charge is 0.481 e. The minimum Gasteiger partial charge on any atom is -0.481 e. The van der Waals surface area contributed by atoms with E-state index in [1.54, 1.807) is 0 Å². The van der Waals surface area contributed by atoms with Crippen LogP contribution in [0.5, 0.6) is 0 Å². The summed E-state index contributed by atoms with van der Waals surface area (Å²) in [5.74, 6) is -1.22. The van der Waals surface area contributed by atoms with Gasteiger partial charge in [0.25, 0.3) is 5.91 Å². The van der Waals surface area contributed by atoms with Crippen LogP contribution in [0.25, 0.3) is 0 Å². The number of nitrogens with zero attached hydrogens (tertiary/aromatic N) is 2. The molecule has 1 aliphatic rings. The Morgan fingerprint density at radius 1 is 1.24 bits per heavy atom. The lowest BCUT2D eigenvalue weighted by atomic mass is 10.1. The average molecular weight is 298 g/mol. The Bertz CT molecular complexity index is 395. The highest BCUT2D eigenvalue weighted by molar-refractivity contribution is 6.05. The maximum atomic E-state index is 12.3. The molecule has 1 fully saturated rings. The molecule has 0 unspecified atom stereocenters. The Morgan fingerprint density at radius 2 is 1.90 bits per heavy atom. The van der Waals surface area contributed by atoms with E-state index >= 15 is 0 Å². The average Bonchev–Trinajstić information content (AvgIpc) is 2.59. The number of carboxylic acid groups (broad SMARTS) is 1. The number of hydrogen-bond donors (Lipinski definition) is 1. The number of urea groups is 1. The summed E-state index contributed by atoms with van der Waals surface area (Å²) in [6.07, 6.45) is 3.60. The smallest absolute Gasteiger partial charge is 0.327 e. The first-order valence-electron chi connectivity index (χ1n) is 7.72. The van der Waals surface area contributed by atoms with Gasteiger partial charge in [-0.1, -0.05) is 40.0 Å². The number of carbonyl (C=O) groups excluding carboxylic acids is 2. The number of amides is 3. The van der Waals surface area contributed by atoms with Gasteiger partial charge in [0.1, 0.15) is 6.04 Å². The summed E-state index contributed by atoms with van der Waals surface area (Å²) in [5, 5.41) is 8.95. The van der Waals surface area contributed by atoms with E-state index in [0.717, 1.165) is 25.7 Å². The Balaban J connectivity index is 2.75. The lowest BCUT2D eigenvalue weighted by Crippen LogP contribution is -2.39. The monoisotopic (exact) mass is 298 g/mol. The molecule has 6 heteroatoms. The number of unbranched alkanes of at least 4 members (excludes halogenated alkanes) is 3. The molecule has 0 aromatic rings. The molecule has 1 atom stereocenters. The second-order valence-corrected chi connectivity index (χ2v) is 5.99. The number of aliphatic carboxylic acids is 1. The Morgan fingerprint density at radius 3 is 2.43 bits per heavy atom. The number of imide groups is 1. The highest BCUT2D eigenvalue weighted by Gasteiger charge is 2.45. The summed E-state index contributed by atoms with van der Waals surface area (Å²) in [5.41, 5.74) is 0. The molecule has 1 heterocycles. The lowest BCUT2D eigenvalue weighted by molar-refractivity contribution is -0.141. The van der Waals surface area contributed by atoms with E-state index in [9.17, 15) is 14.4 Å². The first-order chi connectivity index (χ1) is 9.88. The van der Waals surface area contributed by atoms with Crippen molar-refractivity contribution in [2.45, 2.75) is 58.9 Å². The second-order valence-electron chi connectivity index (χ2n) is 5.99. The van der Waals surface area contributed by atoms with E-state index in [0.29, 0.717) is 13.1 Å². The molecule has 6 nitrogen and oxygen atoms in total. The van der Waals surface area contributed by atoms with Crippen LogP contribution in [0.2, 0.25) is 0 Å². The van der Waals surface area contributed by atoms with Crippen LogP contribution in [0.4, 0.5) is 4.79 Å². The first-order valence-corrected chi connectivity index (χ1v) is 7.72. The van der Waals surface area contributed by atoms with Crippen molar-refractivity contribution in [3.63, 3.8) is 0 Å². The highest BCUT2D eigenvalue weighted by Crippen LogP contribution is 2.22. The number of rotatable bonds is 9. The summed E-state index contributed by atoms with van der Waals surface area (Å²) in [6, 6.07) is -1.18. The minimum absolute atomic E-state index is 0.193. The van der Waals surface area contributed by atoms with Crippen LogP contribution in [0.15, 0.2) is 0 Å². The number of carboxylic acids is 1. The Kier molecular flexibility index (Phi) is 6.65. The van der Waals surface area contributed by atoms with Gasteiger partial charge in [-0.05, 0) is 12.3 Å². The molecule has 1 saturated heterocycles. The summed E-state index contributed by atoms with van der Waals surface area (Å²) >= 11 is 0. The van der Waals surface area contributed by atoms with E-state index in [1.807, 2.05) is 13.8 Å². The van der Waals surface area contributed by atoms with E-state index in [1.165, 1.54) is 9.80 Å². The predicted octanol–water partition coefficient (Wildman–Crippen LogP) is 2.33. The maximum Gasteiger partial charge on any atom is 0.327 e. The molecule has 0 aromatic carbocycles. The van der Waals surface area contributed by atoms with Crippen molar-refractivity contribution in [1.82, 2.24) is 9.80 Å². The normalized spacial score (nSPS) is 19.0. The molecule has 0 aliphatic carbocycles. The third-order valence-corrected chi connectivity index (χ3v) is 3.57. The van der Waals surface area contributed by atoms with E-state index in [-0.39, 0.29) is 24.3 Å². The summed E-state index contributed by atoms with van der Waals surface area (Å²) in [4.78, 5) is 38.2. The molecule has 0 radical (unpaired) electrons. The molecule has 0 saturated carbocycles. The van der Waals surface area contributed by atoms with Gasteiger partial charge in [-0.2, -0.15) is 0 Å². The van der Waals surface area contributed by atoms with E-state index in [4.69, 9.17) is 5.11 Å². The van der Waals surface area contributed by atoms with Crippen molar-refractivity contribution in [1.29, 1.82) is 0 Å². The quantitative estimate of drug-likeness (QED) is 0.523. The standard InChI is InChI=1S/C15H26N2O4/c1-4-5-6-7-8-16-14(20)12(9-13(18)19)17(15(16)21)10-11(2)3/h11-12H,4-10H2,1-3H3,(H,18,19)/t12-/m0/s1. The third kappa shape index (κ3) is 4.72. The maximum absolute atomic E-state index is 12.3. The fraction of sp³-hybridized carbons (Fsp3) is 0.800. The van der Waals surface area contributed by atoms with Gasteiger partial charge >= 0.3 is 12.0 Å². The van der Waals surface area contributed by atoms with Gasteiger partial charge in [0.2, 0.25) is 0 Å². The molecule has 1 rings (SSSR count). The van der Waals surface area contributed by atoms with Crippen molar-refractivity contribution < 1.29 is 19.5 Å². The van der Waals surface area contributed by atoms with Crippen LogP contribution >= 0.6 is 0 Å². The third-order valence-electron chi connectivity index (χ3n) is 3.57. The van der Waals surface area contributed by atoms with Gasteiger partial charge in [-0.25, -0.2) is 4.79 Å². The molecule has 1 aliphatic heterocycles. The van der Waals surface area contributed by atoms with Crippen molar-refractivity contribution in [2.75, 3.05) is 13.1 Å². The van der Waals surface area contributed by atoms with Gasteiger partial charge in [0.05, 0.1) is 6.42 Å². The van der Waals surface area contributed by atoms with Gasteiger partial charge in [0.15, 0.2) is 0 Å². The highest BCUT2D eigenvalue weighted by atomic mass is 16.4. The topological polar surface area (TPSA) is 77.9 Å². The fourth-order valence-electron chi connectivity index (χ4n) is 2.56. The van der Waals surface area contributed by atoms with Crippen LogP contribution in [0, 0.1) is 5.92 Å². The summed E-state index contributed by atoms with van der Waals surface area (Å²) < 4.78 is 0. The predicted molar refractivity (Wildman–Crippen MR) is 78.8 cm³/mol. The fourth-order valence-corrected chi connectivity index (χ4v) is 2.56. The number of hydrogen-bond acceptors (Lipinski definition) is 3. The zero-order valence-electron chi connectivity index (χ0n) is 13.2. The molecular formula is C15H26N2O4. The SMILES string of the molecule is CCCCCCN1C(=O)[C@H](CC(=O)O)N(CC(C)C)C1=O. The van der Waals surface area contributed by atoms with Crippen LogP contribution in [-0.2, 0) is 9.59 Å². The van der Waals surface area contributed by atoms with Gasteiger partial charge in [-0.15, -0.1) is 0 Å². The zero-order chi connectivity index (χ0) is 16.0. The van der Waals surface area contributed by atoms with Crippen LogP contribution in [0.1, 0.15) is 52.9 Å². The van der Waals surface area contributed by atoms with E-state index in [2.05, 4.69) is 6.92 Å². The van der Waals surface area contributed by atoms with Crippen molar-refractivity contribution in [3.05, 3.63) is 0 Å². The van der Waals surface area contributed by atoms with Crippen molar-refractivity contribution in [2.24, 2.45) is 5.92 Å². The summed E-state index contributed by atoms with van der Waals surface area (Å²) in [7, 11) is 0. The van der Waals surface area contributed by atoms with Crippen molar-refractivity contribution in [3.8, 4) is 0 Å². The van der Waals surface area contributed by atoms with Gasteiger partial charge < -0.3 is 10.0 Å². The molecule has 0 bridgehead atoms. The van der Waals surface area contributed by atoms with Crippen LogP contribution in [-0.4, -0.2) is 51.9 Å². The molecule has 0 aromatic heterocycles. The molecule has 3 amide bonds. The zero-order valence-corrected chi connectivity index (χ0v) is 13.2. The minimum atomic E-state index is -1.05. The molecular weight excluding hydrogens is 272 g/mol. The lowest BCUT2D eigenvalue weighted by Gasteiger charge is -2.22. The van der Waals surface area contributed by atoms with Gasteiger partial charge in [-0.3, -0.25) is 14.5 Å². The second kappa shape index (κ2) is 8.00. The molecule has 21 heavy (non-hydrogen) atoms. The van der Waals surface area contributed by atoms with Crippen LogP contribution < -0.4 is 0 Å².